The first-order valence-corrected chi connectivity index (χ1v) is 7.65. The second-order valence-electron chi connectivity index (χ2n) is 5.23. The summed E-state index contributed by atoms with van der Waals surface area (Å²) in [5.41, 5.74) is 0. The Bertz CT molecular complexity index is 563. The first-order chi connectivity index (χ1) is 10.3. The molecule has 1 aromatic heterocycles. The minimum atomic E-state index is 0.400. The Hall–Kier alpha value is -1.65. The molecule has 5 heteroatoms. The van der Waals surface area contributed by atoms with Crippen molar-refractivity contribution in [3.05, 3.63) is 47.5 Å². The molecule has 1 N–H and O–H groups in total. The van der Waals surface area contributed by atoms with Gasteiger partial charge in [0, 0.05) is 17.5 Å². The molecule has 0 saturated carbocycles. The number of ether oxygens (including phenoxy) is 1. The maximum atomic E-state index is 5.85. The van der Waals surface area contributed by atoms with Gasteiger partial charge in [0.05, 0.1) is 12.4 Å². The lowest BCUT2D eigenvalue weighted by molar-refractivity contribution is 0.473. The van der Waals surface area contributed by atoms with Crippen LogP contribution < -0.4 is 10.1 Å². The molecule has 2 aromatic rings. The fourth-order valence-corrected chi connectivity index (χ4v) is 2.59. The smallest absolute Gasteiger partial charge is 0.164 e. The van der Waals surface area contributed by atoms with Crippen LogP contribution in [0, 0.1) is 0 Å². The molecule has 1 aromatic carbocycles. The first kappa shape index (κ1) is 14.3. The van der Waals surface area contributed by atoms with Crippen LogP contribution >= 0.6 is 11.6 Å². The summed E-state index contributed by atoms with van der Waals surface area (Å²) >= 11 is 5.85. The maximum absolute atomic E-state index is 5.85. The molecule has 110 valence electrons. The normalized spacial score (nSPS) is 19.0. The van der Waals surface area contributed by atoms with Crippen LogP contribution in [0.2, 0.25) is 5.02 Å². The number of aromatic nitrogens is 2. The highest BCUT2D eigenvalue weighted by Crippen LogP contribution is 2.24. The molecule has 1 aliphatic heterocycles. The average Bonchev–Trinajstić information content (AvgIpc) is 2.80. The molecule has 0 amide bonds. The van der Waals surface area contributed by atoms with Gasteiger partial charge < -0.3 is 10.1 Å². The Morgan fingerprint density at radius 2 is 1.81 bits per heavy atom. The Balaban J connectivity index is 1.67. The van der Waals surface area contributed by atoms with Crippen LogP contribution in [0.1, 0.15) is 31.0 Å². The third kappa shape index (κ3) is 3.93. The van der Waals surface area contributed by atoms with E-state index < -0.39 is 0 Å². The lowest BCUT2D eigenvalue weighted by Gasteiger charge is -2.13. The highest BCUT2D eigenvalue weighted by molar-refractivity contribution is 6.30. The zero-order chi connectivity index (χ0) is 14.5. The Morgan fingerprint density at radius 3 is 2.57 bits per heavy atom. The van der Waals surface area contributed by atoms with Crippen molar-refractivity contribution in [2.45, 2.75) is 25.2 Å². The van der Waals surface area contributed by atoms with E-state index in [9.17, 15) is 0 Å². The van der Waals surface area contributed by atoms with E-state index >= 15 is 0 Å². The summed E-state index contributed by atoms with van der Waals surface area (Å²) in [4.78, 5) is 8.91. The van der Waals surface area contributed by atoms with Crippen LogP contribution in [-0.2, 0) is 0 Å². The average molecular weight is 304 g/mol. The monoisotopic (exact) mass is 303 g/mol. The standard InChI is InChI=1S/C16H18ClN3O/c17-13-4-6-14(7-5-13)21-15-10-19-16(20-11-15)12-3-1-2-8-18-9-12/h4-7,10-12,18H,1-3,8-9H2. The van der Waals surface area contributed by atoms with Crippen LogP contribution in [0.25, 0.3) is 0 Å². The number of hydrogen-bond acceptors (Lipinski definition) is 4. The molecule has 4 nitrogen and oxygen atoms in total. The van der Waals surface area contributed by atoms with Crippen molar-refractivity contribution >= 4 is 11.6 Å². The molecule has 21 heavy (non-hydrogen) atoms. The maximum Gasteiger partial charge on any atom is 0.164 e. The van der Waals surface area contributed by atoms with E-state index in [0.29, 0.717) is 16.7 Å². The highest BCUT2D eigenvalue weighted by Gasteiger charge is 2.16. The van der Waals surface area contributed by atoms with Crippen LogP contribution in [0.4, 0.5) is 0 Å². The number of halogens is 1. The number of rotatable bonds is 3. The third-order valence-electron chi connectivity index (χ3n) is 3.61. The van der Waals surface area contributed by atoms with E-state index in [0.717, 1.165) is 31.1 Å². The van der Waals surface area contributed by atoms with Gasteiger partial charge >= 0.3 is 0 Å². The van der Waals surface area contributed by atoms with Crippen molar-refractivity contribution in [1.29, 1.82) is 0 Å². The lowest BCUT2D eigenvalue weighted by atomic mass is 10.0. The third-order valence-corrected chi connectivity index (χ3v) is 3.86. The molecular weight excluding hydrogens is 286 g/mol. The van der Waals surface area contributed by atoms with Crippen LogP contribution in [0.15, 0.2) is 36.7 Å². The van der Waals surface area contributed by atoms with Gasteiger partial charge in [0.15, 0.2) is 5.75 Å². The van der Waals surface area contributed by atoms with Gasteiger partial charge in [-0.1, -0.05) is 18.0 Å². The molecule has 1 atom stereocenters. The molecular formula is C16H18ClN3O. The second kappa shape index (κ2) is 6.87. The van der Waals surface area contributed by atoms with Gasteiger partial charge in [-0.05, 0) is 43.7 Å². The van der Waals surface area contributed by atoms with E-state index in [1.165, 1.54) is 12.8 Å². The number of benzene rings is 1. The number of nitrogens with one attached hydrogen (secondary N) is 1. The Morgan fingerprint density at radius 1 is 1.05 bits per heavy atom. The van der Waals surface area contributed by atoms with E-state index in [1.807, 2.05) is 12.1 Å². The minimum absolute atomic E-state index is 0.400. The molecule has 1 aliphatic rings. The van der Waals surface area contributed by atoms with E-state index in [-0.39, 0.29) is 0 Å². The zero-order valence-corrected chi connectivity index (χ0v) is 12.5. The molecule has 0 radical (unpaired) electrons. The predicted molar refractivity (Wildman–Crippen MR) is 83.0 cm³/mol. The van der Waals surface area contributed by atoms with Crippen LogP contribution in [-0.4, -0.2) is 23.1 Å². The number of nitrogens with zero attached hydrogens (tertiary/aromatic N) is 2. The van der Waals surface area contributed by atoms with Gasteiger partial charge in [0.25, 0.3) is 0 Å². The van der Waals surface area contributed by atoms with Crippen molar-refractivity contribution < 1.29 is 4.74 Å². The summed E-state index contributed by atoms with van der Waals surface area (Å²) in [6, 6.07) is 7.24. The topological polar surface area (TPSA) is 47.0 Å². The van der Waals surface area contributed by atoms with Crippen LogP contribution in [0.3, 0.4) is 0 Å². The van der Waals surface area contributed by atoms with Gasteiger partial charge in [-0.2, -0.15) is 0 Å². The van der Waals surface area contributed by atoms with Crippen molar-refractivity contribution in [1.82, 2.24) is 15.3 Å². The van der Waals surface area contributed by atoms with Crippen molar-refractivity contribution in [2.24, 2.45) is 0 Å². The highest BCUT2D eigenvalue weighted by atomic mass is 35.5. The Labute approximate surface area is 129 Å². The zero-order valence-electron chi connectivity index (χ0n) is 11.8. The lowest BCUT2D eigenvalue weighted by Crippen LogP contribution is -2.20. The van der Waals surface area contributed by atoms with E-state index in [4.69, 9.17) is 16.3 Å². The van der Waals surface area contributed by atoms with Gasteiger partial charge in [0.1, 0.15) is 11.6 Å². The number of hydrogen-bond donors (Lipinski definition) is 1. The fourth-order valence-electron chi connectivity index (χ4n) is 2.47. The van der Waals surface area contributed by atoms with E-state index in [2.05, 4.69) is 15.3 Å². The first-order valence-electron chi connectivity index (χ1n) is 7.27. The summed E-state index contributed by atoms with van der Waals surface area (Å²) in [5.74, 6) is 2.67. The molecule has 0 bridgehead atoms. The summed E-state index contributed by atoms with van der Waals surface area (Å²) in [5, 5.41) is 4.12. The molecule has 1 saturated heterocycles. The SMILES string of the molecule is Clc1ccc(Oc2cnc(C3CCCCNC3)nc2)cc1. The summed E-state index contributed by atoms with van der Waals surface area (Å²) < 4.78 is 5.70. The van der Waals surface area contributed by atoms with Crippen LogP contribution in [0.5, 0.6) is 11.5 Å². The van der Waals surface area contributed by atoms with Gasteiger partial charge in [-0.3, -0.25) is 0 Å². The fraction of sp³-hybridized carbons (Fsp3) is 0.375. The molecule has 0 spiro atoms. The summed E-state index contributed by atoms with van der Waals surface area (Å²) in [6.45, 7) is 2.05. The molecule has 1 unspecified atom stereocenters. The summed E-state index contributed by atoms with van der Waals surface area (Å²) in [6.07, 6.45) is 7.08. The summed E-state index contributed by atoms with van der Waals surface area (Å²) in [7, 11) is 0. The van der Waals surface area contributed by atoms with Crippen molar-refractivity contribution in [3.8, 4) is 11.5 Å². The van der Waals surface area contributed by atoms with Crippen molar-refractivity contribution in [3.63, 3.8) is 0 Å². The molecule has 2 heterocycles. The van der Waals surface area contributed by atoms with Gasteiger partial charge in [-0.25, -0.2) is 9.97 Å². The Kier molecular flexibility index (Phi) is 4.68. The molecule has 3 rings (SSSR count). The van der Waals surface area contributed by atoms with Gasteiger partial charge in [-0.15, -0.1) is 0 Å². The minimum Gasteiger partial charge on any atom is -0.454 e. The van der Waals surface area contributed by atoms with E-state index in [1.54, 1.807) is 24.5 Å². The predicted octanol–water partition coefficient (Wildman–Crippen LogP) is 3.78. The quantitative estimate of drug-likeness (QED) is 0.937. The second-order valence-corrected chi connectivity index (χ2v) is 5.67. The van der Waals surface area contributed by atoms with Crippen molar-refractivity contribution in [2.75, 3.05) is 13.1 Å². The molecule has 1 fully saturated rings. The molecule has 0 aliphatic carbocycles. The largest absolute Gasteiger partial charge is 0.454 e. The van der Waals surface area contributed by atoms with Gasteiger partial charge in [0.2, 0.25) is 0 Å².